The van der Waals surface area contributed by atoms with Crippen molar-refractivity contribution >= 4 is 40.6 Å². The molecule has 0 spiro atoms. The zero-order valence-electron chi connectivity index (χ0n) is 9.65. The minimum absolute atomic E-state index is 0.0728. The largest absolute Gasteiger partial charge is 0.508 e. The Morgan fingerprint density at radius 1 is 0.947 bits per heavy atom. The number of halogens is 2. The van der Waals surface area contributed by atoms with Crippen molar-refractivity contribution in [2.24, 2.45) is 0 Å². The second kappa shape index (κ2) is 5.82. The van der Waals surface area contributed by atoms with Crippen molar-refractivity contribution in [3.05, 3.63) is 52.5 Å². The fourth-order valence-electron chi connectivity index (χ4n) is 1.50. The molecule has 0 heterocycles. The third-order valence-corrected chi connectivity index (χ3v) is 2.66. The molecule has 0 unspecified atom stereocenters. The lowest BCUT2D eigenvalue weighted by Crippen LogP contribution is -2.19. The zero-order chi connectivity index (χ0) is 13.8. The molecule has 0 fully saturated rings. The van der Waals surface area contributed by atoms with Crippen LogP contribution in [0.25, 0.3) is 0 Å². The summed E-state index contributed by atoms with van der Waals surface area (Å²) in [7, 11) is 0. The summed E-state index contributed by atoms with van der Waals surface area (Å²) in [5, 5.41) is 15.3. The van der Waals surface area contributed by atoms with E-state index in [1.54, 1.807) is 30.3 Å². The maximum absolute atomic E-state index is 11.7. The van der Waals surface area contributed by atoms with Crippen LogP contribution in [0.3, 0.4) is 0 Å². The number of phenolic OH excluding ortho intramolecular Hbond substituents is 1. The minimum atomic E-state index is -0.455. The number of rotatable bonds is 2. The number of carbonyl (C=O) groups is 1. The summed E-state index contributed by atoms with van der Waals surface area (Å²) in [5.74, 6) is 0.0728. The first-order chi connectivity index (χ1) is 9.02. The molecule has 4 nitrogen and oxygen atoms in total. The number of urea groups is 1. The number of aromatic hydroxyl groups is 1. The van der Waals surface area contributed by atoms with Gasteiger partial charge in [-0.25, -0.2) is 4.79 Å². The molecule has 0 aliphatic rings. The van der Waals surface area contributed by atoms with Crippen molar-refractivity contribution < 1.29 is 9.90 Å². The van der Waals surface area contributed by atoms with Crippen molar-refractivity contribution in [2.45, 2.75) is 0 Å². The average molecular weight is 297 g/mol. The molecule has 0 aliphatic heterocycles. The van der Waals surface area contributed by atoms with Crippen LogP contribution in [0.2, 0.25) is 10.0 Å². The summed E-state index contributed by atoms with van der Waals surface area (Å²) in [6, 6.07) is 10.5. The molecular formula is C13H10Cl2N2O2. The molecular weight excluding hydrogens is 287 g/mol. The molecule has 0 aromatic heterocycles. The smallest absolute Gasteiger partial charge is 0.323 e. The molecule has 2 amide bonds. The van der Waals surface area contributed by atoms with Crippen LogP contribution in [-0.4, -0.2) is 11.1 Å². The van der Waals surface area contributed by atoms with E-state index in [4.69, 9.17) is 23.2 Å². The van der Waals surface area contributed by atoms with E-state index in [0.717, 1.165) is 0 Å². The second-order valence-corrected chi connectivity index (χ2v) is 4.66. The molecule has 98 valence electrons. The van der Waals surface area contributed by atoms with Gasteiger partial charge in [0.25, 0.3) is 0 Å². The summed E-state index contributed by atoms with van der Waals surface area (Å²) in [6.07, 6.45) is 0. The van der Waals surface area contributed by atoms with Crippen LogP contribution in [-0.2, 0) is 0 Å². The normalized spacial score (nSPS) is 10.0. The fourth-order valence-corrected chi connectivity index (χ4v) is 2.03. The van der Waals surface area contributed by atoms with Crippen molar-refractivity contribution in [3.63, 3.8) is 0 Å². The van der Waals surface area contributed by atoms with Crippen LogP contribution in [0.5, 0.6) is 5.75 Å². The highest BCUT2D eigenvalue weighted by atomic mass is 35.5. The summed E-state index contributed by atoms with van der Waals surface area (Å²) in [6.45, 7) is 0. The van der Waals surface area contributed by atoms with E-state index >= 15 is 0 Å². The SMILES string of the molecule is O=C(Nc1cccc(O)c1)Nc1cc(Cl)cc(Cl)c1. The zero-order valence-corrected chi connectivity index (χ0v) is 11.2. The number of amides is 2. The third kappa shape index (κ3) is 4.05. The highest BCUT2D eigenvalue weighted by Gasteiger charge is 2.05. The molecule has 2 aromatic rings. The Balaban J connectivity index is 2.05. The Kier molecular flexibility index (Phi) is 4.14. The Morgan fingerprint density at radius 2 is 1.58 bits per heavy atom. The van der Waals surface area contributed by atoms with Gasteiger partial charge in [-0.15, -0.1) is 0 Å². The summed E-state index contributed by atoms with van der Waals surface area (Å²) < 4.78 is 0. The number of anilines is 2. The van der Waals surface area contributed by atoms with Crippen LogP contribution in [0.4, 0.5) is 16.2 Å². The van der Waals surface area contributed by atoms with Gasteiger partial charge in [0, 0.05) is 27.5 Å². The Labute approximate surface area is 120 Å². The molecule has 0 saturated heterocycles. The minimum Gasteiger partial charge on any atom is -0.508 e. The molecule has 0 radical (unpaired) electrons. The van der Waals surface area contributed by atoms with Crippen molar-refractivity contribution in [1.29, 1.82) is 0 Å². The van der Waals surface area contributed by atoms with Gasteiger partial charge < -0.3 is 15.7 Å². The highest BCUT2D eigenvalue weighted by molar-refractivity contribution is 6.35. The van der Waals surface area contributed by atoms with Crippen molar-refractivity contribution in [1.82, 2.24) is 0 Å². The first-order valence-electron chi connectivity index (χ1n) is 5.36. The van der Waals surface area contributed by atoms with E-state index in [1.165, 1.54) is 12.1 Å². The van der Waals surface area contributed by atoms with Gasteiger partial charge in [-0.05, 0) is 30.3 Å². The van der Waals surface area contributed by atoms with E-state index in [0.29, 0.717) is 21.4 Å². The number of nitrogens with one attached hydrogen (secondary N) is 2. The predicted octanol–water partition coefficient (Wildman–Crippen LogP) is 4.34. The maximum Gasteiger partial charge on any atom is 0.323 e. The topological polar surface area (TPSA) is 61.4 Å². The predicted molar refractivity (Wildman–Crippen MR) is 77.2 cm³/mol. The van der Waals surface area contributed by atoms with Crippen LogP contribution < -0.4 is 10.6 Å². The lowest BCUT2D eigenvalue weighted by molar-refractivity contribution is 0.262. The van der Waals surface area contributed by atoms with Crippen LogP contribution in [0.15, 0.2) is 42.5 Å². The maximum atomic E-state index is 11.7. The first-order valence-corrected chi connectivity index (χ1v) is 6.12. The van der Waals surface area contributed by atoms with Gasteiger partial charge in [0.1, 0.15) is 5.75 Å². The highest BCUT2D eigenvalue weighted by Crippen LogP contribution is 2.22. The number of phenols is 1. The summed E-state index contributed by atoms with van der Waals surface area (Å²) in [4.78, 5) is 11.7. The molecule has 6 heteroatoms. The van der Waals surface area contributed by atoms with Crippen LogP contribution >= 0.6 is 23.2 Å². The van der Waals surface area contributed by atoms with E-state index < -0.39 is 6.03 Å². The number of hydrogen-bond donors (Lipinski definition) is 3. The molecule has 19 heavy (non-hydrogen) atoms. The van der Waals surface area contributed by atoms with Gasteiger partial charge in [0.2, 0.25) is 0 Å². The van der Waals surface area contributed by atoms with E-state index in [-0.39, 0.29) is 5.75 Å². The second-order valence-electron chi connectivity index (χ2n) is 3.79. The van der Waals surface area contributed by atoms with E-state index in [1.807, 2.05) is 0 Å². The molecule has 2 aromatic carbocycles. The monoisotopic (exact) mass is 296 g/mol. The molecule has 3 N–H and O–H groups in total. The van der Waals surface area contributed by atoms with Gasteiger partial charge in [-0.2, -0.15) is 0 Å². The Hall–Kier alpha value is -1.91. The van der Waals surface area contributed by atoms with Gasteiger partial charge in [0.05, 0.1) is 0 Å². The van der Waals surface area contributed by atoms with Crippen LogP contribution in [0, 0.1) is 0 Å². The van der Waals surface area contributed by atoms with Crippen molar-refractivity contribution in [3.8, 4) is 5.75 Å². The summed E-state index contributed by atoms with van der Waals surface area (Å²) in [5.41, 5.74) is 0.959. The van der Waals surface area contributed by atoms with E-state index in [2.05, 4.69) is 10.6 Å². The molecule has 0 atom stereocenters. The lowest BCUT2D eigenvalue weighted by Gasteiger charge is -2.08. The molecule has 0 saturated carbocycles. The quantitative estimate of drug-likeness (QED) is 0.772. The fraction of sp³-hybridized carbons (Fsp3) is 0. The first kappa shape index (κ1) is 13.5. The number of hydrogen-bond acceptors (Lipinski definition) is 2. The van der Waals surface area contributed by atoms with Gasteiger partial charge >= 0.3 is 6.03 Å². The number of carbonyl (C=O) groups excluding carboxylic acids is 1. The van der Waals surface area contributed by atoms with E-state index in [9.17, 15) is 9.90 Å². The lowest BCUT2D eigenvalue weighted by atomic mass is 10.3. The van der Waals surface area contributed by atoms with Crippen molar-refractivity contribution in [2.75, 3.05) is 10.6 Å². The Morgan fingerprint density at radius 3 is 2.21 bits per heavy atom. The molecule has 0 aliphatic carbocycles. The van der Waals surface area contributed by atoms with Gasteiger partial charge in [-0.3, -0.25) is 0 Å². The Bertz CT molecular complexity index is 597. The molecule has 0 bridgehead atoms. The number of benzene rings is 2. The van der Waals surface area contributed by atoms with Crippen LogP contribution in [0.1, 0.15) is 0 Å². The van der Waals surface area contributed by atoms with Gasteiger partial charge in [-0.1, -0.05) is 29.3 Å². The third-order valence-electron chi connectivity index (χ3n) is 2.22. The summed E-state index contributed by atoms with van der Waals surface area (Å²) >= 11 is 11.7. The standard InChI is InChI=1S/C13H10Cl2N2O2/c14-8-4-9(15)6-11(5-8)17-13(19)16-10-2-1-3-12(18)7-10/h1-7,18H,(H2,16,17,19). The average Bonchev–Trinajstić information content (AvgIpc) is 2.26. The van der Waals surface area contributed by atoms with Gasteiger partial charge in [0.15, 0.2) is 0 Å². The molecule has 2 rings (SSSR count).